The molecule has 0 fully saturated rings. The second kappa shape index (κ2) is 16.5. The van der Waals surface area contributed by atoms with E-state index in [0.29, 0.717) is 13.2 Å². The van der Waals surface area contributed by atoms with E-state index in [-0.39, 0.29) is 11.5 Å². The number of phenols is 2. The van der Waals surface area contributed by atoms with Crippen LogP contribution in [0.4, 0.5) is 0 Å². The number of rotatable bonds is 13. The smallest absolute Gasteiger partial charge is 0.127 e. The van der Waals surface area contributed by atoms with Gasteiger partial charge in [-0.05, 0) is 86.1 Å². The first-order valence-electron chi connectivity index (χ1n) is 19.7. The Kier molecular flexibility index (Phi) is 11.9. The molecule has 0 aromatic heterocycles. The predicted molar refractivity (Wildman–Crippen MR) is 232 cm³/mol. The second-order valence-electron chi connectivity index (χ2n) is 16.8. The van der Waals surface area contributed by atoms with Crippen LogP contribution in [0.2, 0.25) is 0 Å². The lowest BCUT2D eigenvalue weighted by molar-refractivity contribution is -0.138. The highest BCUT2D eigenvalue weighted by Gasteiger charge is 2.48. The van der Waals surface area contributed by atoms with Gasteiger partial charge in [-0.15, -0.1) is 0 Å². The Labute approximate surface area is 334 Å². The number of para-hydroxylation sites is 2. The van der Waals surface area contributed by atoms with Crippen molar-refractivity contribution >= 4 is 0 Å². The van der Waals surface area contributed by atoms with Crippen LogP contribution < -0.4 is 0 Å². The molecule has 6 rings (SSSR count). The lowest BCUT2D eigenvalue weighted by Crippen LogP contribution is -2.53. The molecule has 0 aliphatic heterocycles. The highest BCUT2D eigenvalue weighted by atomic mass is 16.5. The fourth-order valence-corrected chi connectivity index (χ4v) is 8.92. The van der Waals surface area contributed by atoms with Crippen LogP contribution in [-0.2, 0) is 33.5 Å². The fraction of sp³-hybridized carbons (Fsp3) is 0.308. The third-order valence-corrected chi connectivity index (χ3v) is 11.6. The van der Waals surface area contributed by atoms with Gasteiger partial charge in [0.1, 0.15) is 11.5 Å². The van der Waals surface area contributed by atoms with Crippen LogP contribution in [0.5, 0.6) is 11.5 Å². The van der Waals surface area contributed by atoms with E-state index in [1.165, 1.54) is 11.1 Å². The van der Waals surface area contributed by atoms with Crippen molar-refractivity contribution in [3.05, 3.63) is 177 Å². The van der Waals surface area contributed by atoms with E-state index < -0.39 is 23.0 Å². The minimum absolute atomic E-state index is 0.232. The van der Waals surface area contributed by atoms with E-state index in [0.717, 1.165) is 66.8 Å². The van der Waals surface area contributed by atoms with Gasteiger partial charge in [-0.25, -0.2) is 0 Å². The maximum absolute atomic E-state index is 12.4. The molecule has 0 heterocycles. The summed E-state index contributed by atoms with van der Waals surface area (Å²) in [5.41, 5.74) is 12.5. The van der Waals surface area contributed by atoms with E-state index in [4.69, 9.17) is 9.47 Å². The van der Waals surface area contributed by atoms with Crippen molar-refractivity contribution in [3.8, 4) is 33.8 Å². The van der Waals surface area contributed by atoms with E-state index in [1.807, 2.05) is 72.8 Å². The molecule has 0 aliphatic rings. The van der Waals surface area contributed by atoms with Crippen LogP contribution in [0.25, 0.3) is 22.3 Å². The molecule has 0 spiro atoms. The minimum Gasteiger partial charge on any atom is -0.507 e. The molecule has 290 valence electrons. The Morgan fingerprint density at radius 2 is 0.768 bits per heavy atom. The van der Waals surface area contributed by atoms with Gasteiger partial charge >= 0.3 is 0 Å². The zero-order valence-electron chi connectivity index (χ0n) is 34.8. The van der Waals surface area contributed by atoms with Crippen molar-refractivity contribution in [2.75, 3.05) is 0 Å². The molecule has 0 unspecified atom stereocenters. The molecular formula is C52H58O4. The molecule has 4 heteroatoms. The predicted octanol–water partition coefficient (Wildman–Crippen LogP) is 12.7. The van der Waals surface area contributed by atoms with Gasteiger partial charge in [-0.3, -0.25) is 0 Å². The number of ether oxygens (including phenoxy) is 2. The summed E-state index contributed by atoms with van der Waals surface area (Å²) in [5.74, 6) is 0.464. The summed E-state index contributed by atoms with van der Waals surface area (Å²) < 4.78 is 14.3. The van der Waals surface area contributed by atoms with Crippen LogP contribution >= 0.6 is 0 Å². The molecule has 4 nitrogen and oxygen atoms in total. The summed E-state index contributed by atoms with van der Waals surface area (Å²) in [7, 11) is 0. The van der Waals surface area contributed by atoms with E-state index in [9.17, 15) is 10.2 Å². The molecule has 0 amide bonds. The van der Waals surface area contributed by atoms with Crippen molar-refractivity contribution in [2.45, 2.75) is 105 Å². The van der Waals surface area contributed by atoms with Gasteiger partial charge in [0.15, 0.2) is 0 Å². The Morgan fingerprint density at radius 1 is 0.446 bits per heavy atom. The molecule has 0 saturated heterocycles. The van der Waals surface area contributed by atoms with Crippen molar-refractivity contribution < 1.29 is 19.7 Å². The lowest BCUT2D eigenvalue weighted by Gasteiger charge is -2.46. The second-order valence-corrected chi connectivity index (χ2v) is 16.8. The summed E-state index contributed by atoms with van der Waals surface area (Å²) in [6, 6.07) is 41.1. The van der Waals surface area contributed by atoms with Crippen LogP contribution in [-0.4, -0.2) is 22.4 Å². The monoisotopic (exact) mass is 746 g/mol. The average Bonchev–Trinajstić information content (AvgIpc) is 3.14. The van der Waals surface area contributed by atoms with Crippen LogP contribution in [0, 0.1) is 41.5 Å². The minimum atomic E-state index is -0.794. The first kappa shape index (κ1) is 40.5. The molecule has 0 aliphatic carbocycles. The van der Waals surface area contributed by atoms with Crippen molar-refractivity contribution in [2.24, 2.45) is 0 Å². The Hall–Kier alpha value is -5.16. The molecule has 2 atom stereocenters. The number of hydrogen-bond acceptors (Lipinski definition) is 4. The van der Waals surface area contributed by atoms with E-state index in [1.54, 1.807) is 0 Å². The zero-order valence-corrected chi connectivity index (χ0v) is 34.8. The quantitative estimate of drug-likeness (QED) is 0.124. The van der Waals surface area contributed by atoms with Gasteiger partial charge in [-0.2, -0.15) is 0 Å². The molecule has 0 radical (unpaired) electrons. The zero-order chi connectivity index (χ0) is 40.4. The fourth-order valence-electron chi connectivity index (χ4n) is 8.92. The standard InChI is InChI=1S/C52H58O4/c1-33-27-35(3)45(36(4)28-33)41-23-17-25-43(47(41)53)51(7,8)49(55-31-39-19-13-11-14-20-39)50(56-32-40-21-15-12-16-22-40)52(9,10)44-26-18-24-42(48(44)54)46-37(5)29-34(2)30-38(46)6/h11-30,49-50,53-54H,31-32H2,1-10H3/t49-,50-/m0/s1. The summed E-state index contributed by atoms with van der Waals surface area (Å²) in [4.78, 5) is 0. The van der Waals surface area contributed by atoms with Crippen molar-refractivity contribution in [1.82, 2.24) is 0 Å². The Bertz CT molecular complexity index is 2090. The molecule has 0 bridgehead atoms. The third-order valence-electron chi connectivity index (χ3n) is 11.6. The van der Waals surface area contributed by atoms with Crippen LogP contribution in [0.3, 0.4) is 0 Å². The first-order valence-corrected chi connectivity index (χ1v) is 19.7. The summed E-state index contributed by atoms with van der Waals surface area (Å²) >= 11 is 0. The average molecular weight is 747 g/mol. The topological polar surface area (TPSA) is 58.9 Å². The molecule has 2 N–H and O–H groups in total. The number of aryl methyl sites for hydroxylation is 6. The van der Waals surface area contributed by atoms with E-state index in [2.05, 4.69) is 118 Å². The highest BCUT2D eigenvalue weighted by molar-refractivity contribution is 5.79. The number of phenolic OH excluding ortho intramolecular Hbond substituents is 2. The van der Waals surface area contributed by atoms with Gasteiger partial charge in [0.2, 0.25) is 0 Å². The number of hydrogen-bond donors (Lipinski definition) is 2. The first-order chi connectivity index (χ1) is 26.6. The van der Waals surface area contributed by atoms with Gasteiger partial charge in [-0.1, -0.05) is 160 Å². The normalized spacial score (nSPS) is 13.1. The van der Waals surface area contributed by atoms with Gasteiger partial charge in [0.25, 0.3) is 0 Å². The third kappa shape index (κ3) is 8.19. The lowest BCUT2D eigenvalue weighted by atomic mass is 9.67. The highest BCUT2D eigenvalue weighted by Crippen LogP contribution is 2.49. The van der Waals surface area contributed by atoms with Crippen molar-refractivity contribution in [3.63, 3.8) is 0 Å². The maximum atomic E-state index is 12.4. The Balaban J connectivity index is 1.54. The molecule has 0 saturated carbocycles. The summed E-state index contributed by atoms with van der Waals surface area (Å²) in [6.45, 7) is 21.9. The van der Waals surface area contributed by atoms with Crippen molar-refractivity contribution in [1.29, 1.82) is 0 Å². The number of aromatic hydroxyl groups is 2. The van der Waals surface area contributed by atoms with Crippen LogP contribution in [0.1, 0.15) is 83.3 Å². The summed E-state index contributed by atoms with van der Waals surface area (Å²) in [6.07, 6.45) is -1.21. The Morgan fingerprint density at radius 3 is 1.09 bits per heavy atom. The maximum Gasteiger partial charge on any atom is 0.127 e. The van der Waals surface area contributed by atoms with E-state index >= 15 is 0 Å². The van der Waals surface area contributed by atoms with Gasteiger partial charge < -0.3 is 19.7 Å². The number of benzene rings is 6. The molecule has 6 aromatic carbocycles. The molecule has 6 aromatic rings. The molecular weight excluding hydrogens is 689 g/mol. The SMILES string of the molecule is Cc1cc(C)c(-c2cccc(C(C)(C)[C@@H](OCc3ccccc3)[C@H](OCc3ccccc3)C(C)(C)c3cccc(-c4c(C)cc(C)cc4C)c3O)c2O)c(C)c1. The van der Waals surface area contributed by atoms with Gasteiger partial charge in [0, 0.05) is 33.1 Å². The summed E-state index contributed by atoms with van der Waals surface area (Å²) in [5, 5.41) is 24.8. The van der Waals surface area contributed by atoms with Crippen LogP contribution in [0.15, 0.2) is 121 Å². The largest absolute Gasteiger partial charge is 0.507 e. The van der Waals surface area contributed by atoms with Gasteiger partial charge in [0.05, 0.1) is 25.4 Å². The molecule has 56 heavy (non-hydrogen) atoms.